The van der Waals surface area contributed by atoms with Crippen LogP contribution in [0.1, 0.15) is 43.9 Å². The molecule has 3 rings (SSSR count). The van der Waals surface area contributed by atoms with E-state index in [1.807, 2.05) is 43.3 Å². The first kappa shape index (κ1) is 20.4. The van der Waals surface area contributed by atoms with Crippen molar-refractivity contribution in [2.75, 3.05) is 12.4 Å². The van der Waals surface area contributed by atoms with Crippen LogP contribution in [0.4, 0.5) is 0 Å². The van der Waals surface area contributed by atoms with Crippen LogP contribution >= 0.6 is 11.6 Å². The van der Waals surface area contributed by atoms with Crippen molar-refractivity contribution in [1.82, 2.24) is 0 Å². The van der Waals surface area contributed by atoms with Crippen LogP contribution in [-0.4, -0.2) is 27.3 Å². The van der Waals surface area contributed by atoms with E-state index in [1.54, 1.807) is 6.92 Å². The Morgan fingerprint density at radius 2 is 1.85 bits per heavy atom. The van der Waals surface area contributed by atoms with E-state index in [1.165, 1.54) is 0 Å². The molecule has 0 radical (unpaired) electrons. The Morgan fingerprint density at radius 3 is 2.52 bits per heavy atom. The number of halogens is 1. The lowest BCUT2D eigenvalue weighted by Crippen LogP contribution is -2.38. The van der Waals surface area contributed by atoms with Crippen molar-refractivity contribution in [2.45, 2.75) is 56.4 Å². The quantitative estimate of drug-likeness (QED) is 0.748. The van der Waals surface area contributed by atoms with Crippen LogP contribution in [0.15, 0.2) is 41.3 Å². The van der Waals surface area contributed by atoms with Crippen LogP contribution in [0, 0.1) is 6.92 Å². The summed E-state index contributed by atoms with van der Waals surface area (Å²) in [6.45, 7) is 8.56. The molecule has 0 unspecified atom stereocenters. The number of rotatable bonds is 6. The zero-order chi connectivity index (χ0) is 19.8. The van der Waals surface area contributed by atoms with Gasteiger partial charge in [0.05, 0.1) is 28.8 Å². The van der Waals surface area contributed by atoms with E-state index >= 15 is 0 Å². The molecule has 27 heavy (non-hydrogen) atoms. The minimum atomic E-state index is -1.26. The second kappa shape index (κ2) is 7.57. The van der Waals surface area contributed by atoms with E-state index in [-0.39, 0.29) is 11.2 Å². The lowest BCUT2D eigenvalue weighted by molar-refractivity contribution is 0.0536. The smallest absolute Gasteiger partial charge is 0.126 e. The fourth-order valence-electron chi connectivity index (χ4n) is 3.93. The van der Waals surface area contributed by atoms with Gasteiger partial charge in [-0.05, 0) is 55.5 Å². The van der Waals surface area contributed by atoms with Crippen molar-refractivity contribution in [3.8, 4) is 5.75 Å². The van der Waals surface area contributed by atoms with Gasteiger partial charge in [0.25, 0.3) is 0 Å². The molecule has 1 heterocycles. The molecule has 1 aliphatic heterocycles. The van der Waals surface area contributed by atoms with Gasteiger partial charge < -0.3 is 9.84 Å². The Hall–Kier alpha value is -1.36. The summed E-state index contributed by atoms with van der Waals surface area (Å²) in [6.07, 6.45) is 1.31. The van der Waals surface area contributed by atoms with Gasteiger partial charge in [-0.25, -0.2) is 0 Å². The van der Waals surface area contributed by atoms with Crippen molar-refractivity contribution < 1.29 is 14.1 Å². The third kappa shape index (κ3) is 4.74. The molecule has 2 aromatic rings. The van der Waals surface area contributed by atoms with E-state index in [9.17, 15) is 9.32 Å². The lowest BCUT2D eigenvalue weighted by atomic mass is 9.75. The number of aryl methyl sites for hydroxylation is 1. The highest BCUT2D eigenvalue weighted by Crippen LogP contribution is 2.43. The number of hydrogen-bond donors (Lipinski definition) is 1. The number of fused-ring (bicyclic) bond motifs is 1. The third-order valence-electron chi connectivity index (χ3n) is 5.03. The van der Waals surface area contributed by atoms with Crippen LogP contribution in [0.5, 0.6) is 5.75 Å². The van der Waals surface area contributed by atoms with E-state index in [2.05, 4.69) is 13.8 Å². The van der Waals surface area contributed by atoms with Gasteiger partial charge in [-0.2, -0.15) is 0 Å². The van der Waals surface area contributed by atoms with Gasteiger partial charge in [0, 0.05) is 21.9 Å². The average molecular weight is 407 g/mol. The topological polar surface area (TPSA) is 46.5 Å². The first-order valence-corrected chi connectivity index (χ1v) is 10.9. The summed E-state index contributed by atoms with van der Waals surface area (Å²) in [4.78, 5) is 0.741. The Bertz CT molecular complexity index is 857. The molecule has 0 aromatic heterocycles. The van der Waals surface area contributed by atoms with E-state index in [4.69, 9.17) is 16.3 Å². The monoisotopic (exact) mass is 406 g/mol. The summed E-state index contributed by atoms with van der Waals surface area (Å²) < 4.78 is 18.6. The van der Waals surface area contributed by atoms with Gasteiger partial charge in [0.1, 0.15) is 5.75 Å². The zero-order valence-corrected chi connectivity index (χ0v) is 17.9. The molecule has 0 fully saturated rings. The molecule has 0 saturated carbocycles. The number of aliphatic hydroxyl groups is 1. The summed E-state index contributed by atoms with van der Waals surface area (Å²) in [5, 5.41) is 11.7. The Labute approximate surface area is 169 Å². The van der Waals surface area contributed by atoms with E-state index in [0.29, 0.717) is 18.1 Å². The van der Waals surface area contributed by atoms with Gasteiger partial charge in [0.2, 0.25) is 0 Å². The second-order valence-corrected chi connectivity index (χ2v) is 10.3. The summed E-state index contributed by atoms with van der Waals surface area (Å²) in [6, 6.07) is 11.5. The van der Waals surface area contributed by atoms with Crippen molar-refractivity contribution in [1.29, 1.82) is 0 Å². The summed E-state index contributed by atoms with van der Waals surface area (Å²) in [7, 11) is -1.26. The molecule has 1 aliphatic rings. The Balaban J connectivity index is 1.80. The molecule has 0 spiro atoms. The molecule has 0 saturated heterocycles. The average Bonchev–Trinajstić information content (AvgIpc) is 3.01. The third-order valence-corrected chi connectivity index (χ3v) is 6.93. The molecule has 0 aliphatic carbocycles. The van der Waals surface area contributed by atoms with Crippen LogP contribution in [0.25, 0.3) is 0 Å². The Morgan fingerprint density at radius 1 is 1.19 bits per heavy atom. The first-order chi connectivity index (χ1) is 12.6. The van der Waals surface area contributed by atoms with E-state index < -0.39 is 16.4 Å². The van der Waals surface area contributed by atoms with Crippen LogP contribution in [0.3, 0.4) is 0 Å². The summed E-state index contributed by atoms with van der Waals surface area (Å²) >= 11 is 6.32. The molecular formula is C22H27ClO3S. The van der Waals surface area contributed by atoms with Gasteiger partial charge >= 0.3 is 0 Å². The van der Waals surface area contributed by atoms with Gasteiger partial charge in [-0.3, -0.25) is 4.21 Å². The first-order valence-electron chi connectivity index (χ1n) is 9.21. The largest absolute Gasteiger partial charge is 0.493 e. The molecule has 2 aromatic carbocycles. The van der Waals surface area contributed by atoms with Crippen molar-refractivity contribution in [3.63, 3.8) is 0 Å². The number of hydrogen-bond acceptors (Lipinski definition) is 3. The van der Waals surface area contributed by atoms with Crippen molar-refractivity contribution in [3.05, 3.63) is 58.1 Å². The fourth-order valence-corrected chi connectivity index (χ4v) is 5.44. The van der Waals surface area contributed by atoms with Crippen molar-refractivity contribution in [2.24, 2.45) is 0 Å². The summed E-state index contributed by atoms with van der Waals surface area (Å²) in [5.41, 5.74) is 1.78. The molecular weight excluding hydrogens is 380 g/mol. The normalized spacial score (nSPS) is 17.1. The maximum Gasteiger partial charge on any atom is 0.126 e. The van der Waals surface area contributed by atoms with Gasteiger partial charge in [-0.15, -0.1) is 0 Å². The van der Waals surface area contributed by atoms with Crippen LogP contribution < -0.4 is 4.74 Å². The maximum absolute atomic E-state index is 12.7. The van der Waals surface area contributed by atoms with Crippen LogP contribution in [-0.2, 0) is 22.6 Å². The van der Waals surface area contributed by atoms with Crippen LogP contribution in [0.2, 0.25) is 5.02 Å². The highest BCUT2D eigenvalue weighted by atomic mass is 35.5. The predicted molar refractivity (Wildman–Crippen MR) is 111 cm³/mol. The maximum atomic E-state index is 12.7. The standard InChI is InChI=1S/C22H27ClO3S/c1-15-5-7-18(8-6-15)27(25)14-22(4,24)13-21(2,3)19-12-17(23)11-16-9-10-26-20(16)19/h5-8,11-12,24H,9-10,13-14H2,1-4H3/t22-,27-/m1/s1. The molecule has 3 nitrogen and oxygen atoms in total. The SMILES string of the molecule is Cc1ccc([S@](=O)C[C@](C)(O)CC(C)(C)c2cc(Cl)cc3c2OCC3)cc1. The number of ether oxygens (including phenoxy) is 1. The fraction of sp³-hybridized carbons (Fsp3) is 0.455. The summed E-state index contributed by atoms with van der Waals surface area (Å²) in [5.74, 6) is 1.07. The lowest BCUT2D eigenvalue weighted by Gasteiger charge is -2.35. The predicted octanol–water partition coefficient (Wildman–Crippen LogP) is 4.81. The molecule has 2 atom stereocenters. The van der Waals surface area contributed by atoms with Gasteiger partial charge in [0.15, 0.2) is 0 Å². The van der Waals surface area contributed by atoms with Crippen molar-refractivity contribution >= 4 is 22.4 Å². The molecule has 0 bridgehead atoms. The minimum Gasteiger partial charge on any atom is -0.493 e. The zero-order valence-electron chi connectivity index (χ0n) is 16.3. The second-order valence-electron chi connectivity index (χ2n) is 8.40. The molecule has 1 N–H and O–H groups in total. The van der Waals surface area contributed by atoms with Gasteiger partial charge in [-0.1, -0.05) is 43.1 Å². The highest BCUT2D eigenvalue weighted by Gasteiger charge is 2.36. The van der Waals surface area contributed by atoms with E-state index in [0.717, 1.165) is 33.8 Å². The minimum absolute atomic E-state index is 0.184. The highest BCUT2D eigenvalue weighted by molar-refractivity contribution is 7.85. The molecule has 0 amide bonds. The molecule has 5 heteroatoms. The number of benzene rings is 2. The molecule has 146 valence electrons. The Kier molecular flexibility index (Phi) is 5.72.